The number of halogens is 1. The van der Waals surface area contributed by atoms with Gasteiger partial charge in [-0.15, -0.1) is 11.8 Å². The molecule has 1 N–H and O–H groups in total. The quantitative estimate of drug-likeness (QED) is 0.741. The Morgan fingerprint density at radius 2 is 1.80 bits per heavy atom. The van der Waals surface area contributed by atoms with Gasteiger partial charge in [0.1, 0.15) is 17.2 Å². The Balaban J connectivity index is 1.92. The highest BCUT2D eigenvalue weighted by molar-refractivity contribution is 7.99. The molecule has 0 radical (unpaired) electrons. The summed E-state index contributed by atoms with van der Waals surface area (Å²) >= 11 is 7.49. The standard InChI is InChI=1S/C18H20ClNO4S/c1-22-14-5-6-15(17(9-14)24-3)20-18(21)11-25-10-12-8-13(19)4-7-16(12)23-2/h4-9H,10-11H2,1-3H3,(H,20,21). The maximum Gasteiger partial charge on any atom is 0.234 e. The van der Waals surface area contributed by atoms with Gasteiger partial charge in [-0.25, -0.2) is 0 Å². The summed E-state index contributed by atoms with van der Waals surface area (Å²) in [5.41, 5.74) is 1.56. The molecule has 0 aliphatic carbocycles. The minimum atomic E-state index is -0.116. The van der Waals surface area contributed by atoms with Crippen LogP contribution in [0.2, 0.25) is 5.02 Å². The molecule has 0 spiro atoms. The molecule has 0 saturated carbocycles. The Labute approximate surface area is 156 Å². The summed E-state index contributed by atoms with van der Waals surface area (Å²) in [6, 6.07) is 10.7. The zero-order valence-corrected chi connectivity index (χ0v) is 15.9. The van der Waals surface area contributed by atoms with Gasteiger partial charge < -0.3 is 19.5 Å². The zero-order chi connectivity index (χ0) is 18.2. The van der Waals surface area contributed by atoms with Gasteiger partial charge in [-0.3, -0.25) is 4.79 Å². The number of ether oxygens (including phenoxy) is 3. The van der Waals surface area contributed by atoms with Crippen LogP contribution < -0.4 is 19.5 Å². The molecular weight excluding hydrogens is 362 g/mol. The molecule has 2 aromatic rings. The first-order valence-electron chi connectivity index (χ1n) is 7.49. The molecule has 25 heavy (non-hydrogen) atoms. The monoisotopic (exact) mass is 381 g/mol. The molecule has 0 unspecified atom stereocenters. The zero-order valence-electron chi connectivity index (χ0n) is 14.3. The maximum atomic E-state index is 12.2. The van der Waals surface area contributed by atoms with E-state index < -0.39 is 0 Å². The second-order valence-electron chi connectivity index (χ2n) is 5.06. The van der Waals surface area contributed by atoms with E-state index in [0.717, 1.165) is 11.3 Å². The maximum absolute atomic E-state index is 12.2. The van der Waals surface area contributed by atoms with Crippen LogP contribution in [0.3, 0.4) is 0 Å². The summed E-state index contributed by atoms with van der Waals surface area (Å²) < 4.78 is 15.7. The summed E-state index contributed by atoms with van der Waals surface area (Å²) in [6.07, 6.45) is 0. The predicted octanol–water partition coefficient (Wildman–Crippen LogP) is 4.24. The van der Waals surface area contributed by atoms with E-state index in [2.05, 4.69) is 5.32 Å². The van der Waals surface area contributed by atoms with Crippen LogP contribution in [0.5, 0.6) is 17.2 Å². The highest BCUT2D eigenvalue weighted by Crippen LogP contribution is 2.30. The Kier molecular flexibility index (Phi) is 7.28. The second-order valence-corrected chi connectivity index (χ2v) is 6.49. The van der Waals surface area contributed by atoms with E-state index >= 15 is 0 Å². The van der Waals surface area contributed by atoms with E-state index in [-0.39, 0.29) is 5.91 Å². The van der Waals surface area contributed by atoms with Gasteiger partial charge in [0.25, 0.3) is 0 Å². The summed E-state index contributed by atoms with van der Waals surface area (Å²) in [5.74, 6) is 2.77. The van der Waals surface area contributed by atoms with Crippen LogP contribution in [0.25, 0.3) is 0 Å². The molecule has 2 aromatic carbocycles. The smallest absolute Gasteiger partial charge is 0.234 e. The van der Waals surface area contributed by atoms with Crippen molar-refractivity contribution in [1.82, 2.24) is 0 Å². The number of benzene rings is 2. The molecule has 0 aliphatic heterocycles. The first-order chi connectivity index (χ1) is 12.1. The molecule has 5 nitrogen and oxygen atoms in total. The van der Waals surface area contributed by atoms with Crippen LogP contribution in [0, 0.1) is 0 Å². The number of methoxy groups -OCH3 is 3. The number of anilines is 1. The molecule has 1 amide bonds. The molecule has 0 saturated heterocycles. The van der Waals surface area contributed by atoms with Crippen LogP contribution in [-0.4, -0.2) is 33.0 Å². The Morgan fingerprint density at radius 3 is 2.48 bits per heavy atom. The van der Waals surface area contributed by atoms with E-state index in [1.165, 1.54) is 11.8 Å². The predicted molar refractivity (Wildman–Crippen MR) is 102 cm³/mol. The van der Waals surface area contributed by atoms with Crippen molar-refractivity contribution in [1.29, 1.82) is 0 Å². The van der Waals surface area contributed by atoms with Crippen molar-refractivity contribution in [2.45, 2.75) is 5.75 Å². The number of carbonyl (C=O) groups is 1. The number of thioether (sulfide) groups is 1. The van der Waals surface area contributed by atoms with Gasteiger partial charge in [-0.2, -0.15) is 0 Å². The summed E-state index contributed by atoms with van der Waals surface area (Å²) in [7, 11) is 4.73. The fourth-order valence-electron chi connectivity index (χ4n) is 2.20. The van der Waals surface area contributed by atoms with Gasteiger partial charge in [-0.1, -0.05) is 11.6 Å². The Bertz CT molecular complexity index is 739. The fraction of sp³-hybridized carbons (Fsp3) is 0.278. The van der Waals surface area contributed by atoms with E-state index in [1.54, 1.807) is 45.6 Å². The van der Waals surface area contributed by atoms with Crippen molar-refractivity contribution >= 4 is 35.0 Å². The van der Waals surface area contributed by atoms with E-state index in [0.29, 0.717) is 33.7 Å². The van der Waals surface area contributed by atoms with Crippen molar-refractivity contribution in [2.75, 3.05) is 32.4 Å². The number of carbonyl (C=O) groups excluding carboxylic acids is 1. The van der Waals surface area contributed by atoms with Gasteiger partial charge in [0.2, 0.25) is 5.91 Å². The van der Waals surface area contributed by atoms with Gasteiger partial charge >= 0.3 is 0 Å². The molecule has 0 fully saturated rings. The molecular formula is C18H20ClNO4S. The lowest BCUT2D eigenvalue weighted by Gasteiger charge is -2.12. The SMILES string of the molecule is COc1ccc(NC(=O)CSCc2cc(Cl)ccc2OC)c(OC)c1. The summed E-state index contributed by atoms with van der Waals surface area (Å²) in [5, 5.41) is 3.48. The highest BCUT2D eigenvalue weighted by Gasteiger charge is 2.10. The Morgan fingerprint density at radius 1 is 1.04 bits per heavy atom. The minimum absolute atomic E-state index is 0.116. The molecule has 2 rings (SSSR count). The molecule has 0 heterocycles. The number of hydrogen-bond acceptors (Lipinski definition) is 5. The molecule has 7 heteroatoms. The van der Waals surface area contributed by atoms with Gasteiger partial charge in [0, 0.05) is 22.4 Å². The van der Waals surface area contributed by atoms with Crippen molar-refractivity contribution in [3.8, 4) is 17.2 Å². The van der Waals surface area contributed by atoms with Crippen molar-refractivity contribution in [3.05, 3.63) is 47.0 Å². The average Bonchev–Trinajstić information content (AvgIpc) is 2.62. The van der Waals surface area contributed by atoms with Crippen molar-refractivity contribution in [3.63, 3.8) is 0 Å². The first kappa shape index (κ1) is 19.3. The summed E-state index contributed by atoms with van der Waals surface area (Å²) in [6.45, 7) is 0. The van der Waals surface area contributed by atoms with Crippen molar-refractivity contribution < 1.29 is 19.0 Å². The van der Waals surface area contributed by atoms with E-state index in [4.69, 9.17) is 25.8 Å². The fourth-order valence-corrected chi connectivity index (χ4v) is 3.20. The van der Waals surface area contributed by atoms with Crippen molar-refractivity contribution in [2.24, 2.45) is 0 Å². The van der Waals surface area contributed by atoms with E-state index in [1.807, 2.05) is 12.1 Å². The van der Waals surface area contributed by atoms with Crippen LogP contribution in [0.4, 0.5) is 5.69 Å². The van der Waals surface area contributed by atoms with Crippen LogP contribution in [0.15, 0.2) is 36.4 Å². The second kappa shape index (κ2) is 9.44. The number of hydrogen-bond donors (Lipinski definition) is 1. The topological polar surface area (TPSA) is 56.8 Å². The Hall–Kier alpha value is -2.05. The number of amides is 1. The summed E-state index contributed by atoms with van der Waals surface area (Å²) in [4.78, 5) is 12.2. The third-order valence-electron chi connectivity index (χ3n) is 3.42. The largest absolute Gasteiger partial charge is 0.497 e. The van der Waals surface area contributed by atoms with Gasteiger partial charge in [0.05, 0.1) is 32.8 Å². The normalized spacial score (nSPS) is 10.2. The first-order valence-corrected chi connectivity index (χ1v) is 9.02. The molecule has 0 bridgehead atoms. The third-order valence-corrected chi connectivity index (χ3v) is 4.63. The third kappa shape index (κ3) is 5.47. The van der Waals surface area contributed by atoms with Crippen LogP contribution in [-0.2, 0) is 10.5 Å². The molecule has 0 atom stereocenters. The molecule has 0 aliphatic rings. The van der Waals surface area contributed by atoms with Crippen LogP contribution in [0.1, 0.15) is 5.56 Å². The van der Waals surface area contributed by atoms with Gasteiger partial charge in [0.15, 0.2) is 0 Å². The van der Waals surface area contributed by atoms with Crippen LogP contribution >= 0.6 is 23.4 Å². The lowest BCUT2D eigenvalue weighted by molar-refractivity contribution is -0.113. The lowest BCUT2D eigenvalue weighted by atomic mass is 10.2. The van der Waals surface area contributed by atoms with Gasteiger partial charge in [-0.05, 0) is 30.3 Å². The lowest BCUT2D eigenvalue weighted by Crippen LogP contribution is -2.15. The molecule has 0 aromatic heterocycles. The number of rotatable bonds is 8. The number of nitrogens with one attached hydrogen (secondary N) is 1. The van der Waals surface area contributed by atoms with E-state index in [9.17, 15) is 4.79 Å². The highest BCUT2D eigenvalue weighted by atomic mass is 35.5. The minimum Gasteiger partial charge on any atom is -0.497 e. The molecule has 134 valence electrons. The average molecular weight is 382 g/mol.